The number of carbonyl (C=O) groups excluding carboxylic acids is 1. The van der Waals surface area contributed by atoms with Gasteiger partial charge in [0.15, 0.2) is 0 Å². The molecule has 0 atom stereocenters. The van der Waals surface area contributed by atoms with Gasteiger partial charge in [-0.3, -0.25) is 4.79 Å². The van der Waals surface area contributed by atoms with Gasteiger partial charge >= 0.3 is 0 Å². The van der Waals surface area contributed by atoms with Crippen molar-refractivity contribution in [3.05, 3.63) is 23.9 Å². The van der Waals surface area contributed by atoms with E-state index in [1.165, 1.54) is 19.3 Å². The topological polar surface area (TPSA) is 77.2 Å². The molecule has 5 nitrogen and oxygen atoms in total. The summed E-state index contributed by atoms with van der Waals surface area (Å²) in [6.45, 7) is 1.06. The summed E-state index contributed by atoms with van der Waals surface area (Å²) in [6, 6.07) is 5.02. The molecule has 2 rings (SSSR count). The lowest BCUT2D eigenvalue weighted by Crippen LogP contribution is -2.30. The van der Waals surface area contributed by atoms with Gasteiger partial charge in [0.1, 0.15) is 11.5 Å². The number of nitrogens with zero attached hydrogens (tertiary/aromatic N) is 1. The zero-order chi connectivity index (χ0) is 13.5. The summed E-state index contributed by atoms with van der Waals surface area (Å²) >= 11 is 0. The van der Waals surface area contributed by atoms with Gasteiger partial charge in [0.2, 0.25) is 0 Å². The third-order valence-corrected chi connectivity index (χ3v) is 3.30. The Morgan fingerprint density at radius 2 is 2.16 bits per heavy atom. The minimum absolute atomic E-state index is 0.209. The third kappa shape index (κ3) is 4.52. The number of hydrogen-bond donors (Lipinski definition) is 2. The summed E-state index contributed by atoms with van der Waals surface area (Å²) in [7, 11) is 0. The summed E-state index contributed by atoms with van der Waals surface area (Å²) in [5.41, 5.74) is 5.88. The van der Waals surface area contributed by atoms with E-state index in [4.69, 9.17) is 10.5 Å². The van der Waals surface area contributed by atoms with Crippen molar-refractivity contribution < 1.29 is 9.53 Å². The van der Waals surface area contributed by atoms with Crippen molar-refractivity contribution in [1.82, 2.24) is 10.3 Å². The standard InChI is InChI=1S/C14H21N3O2/c15-13-8-4-7-12(17-13)14(18)16-9-10-19-11-5-2-1-3-6-11/h4,7-8,11H,1-3,5-6,9-10H2,(H2,15,17)(H,16,18). The highest BCUT2D eigenvalue weighted by Crippen LogP contribution is 2.19. The molecule has 1 aromatic rings. The van der Waals surface area contributed by atoms with Crippen LogP contribution in [0.15, 0.2) is 18.2 Å². The first-order valence-corrected chi connectivity index (χ1v) is 6.88. The van der Waals surface area contributed by atoms with Crippen LogP contribution in [0.2, 0.25) is 0 Å². The van der Waals surface area contributed by atoms with E-state index in [1.807, 2.05) is 0 Å². The van der Waals surface area contributed by atoms with E-state index in [0.29, 0.717) is 30.8 Å². The first-order chi connectivity index (χ1) is 9.25. The second kappa shape index (κ2) is 7.09. The number of nitrogen functional groups attached to an aromatic ring is 1. The Morgan fingerprint density at radius 3 is 2.89 bits per heavy atom. The zero-order valence-electron chi connectivity index (χ0n) is 11.1. The van der Waals surface area contributed by atoms with Crippen molar-refractivity contribution in [2.45, 2.75) is 38.2 Å². The van der Waals surface area contributed by atoms with Crippen LogP contribution in [0, 0.1) is 0 Å². The quantitative estimate of drug-likeness (QED) is 0.793. The predicted molar refractivity (Wildman–Crippen MR) is 73.8 cm³/mol. The Kier molecular flexibility index (Phi) is 5.15. The SMILES string of the molecule is Nc1cccc(C(=O)NCCOC2CCCCC2)n1. The second-order valence-corrected chi connectivity index (χ2v) is 4.83. The molecule has 1 aliphatic carbocycles. The van der Waals surface area contributed by atoms with E-state index >= 15 is 0 Å². The van der Waals surface area contributed by atoms with Crippen molar-refractivity contribution >= 4 is 11.7 Å². The van der Waals surface area contributed by atoms with Crippen LogP contribution in [0.4, 0.5) is 5.82 Å². The molecule has 0 spiro atoms. The number of aromatic nitrogens is 1. The van der Waals surface area contributed by atoms with E-state index in [0.717, 1.165) is 12.8 Å². The molecule has 3 N–H and O–H groups in total. The molecule has 1 amide bonds. The Balaban J connectivity index is 1.66. The van der Waals surface area contributed by atoms with Crippen molar-refractivity contribution in [2.24, 2.45) is 0 Å². The first-order valence-electron chi connectivity index (χ1n) is 6.88. The molecule has 1 heterocycles. The minimum atomic E-state index is -0.209. The highest BCUT2D eigenvalue weighted by atomic mass is 16.5. The number of nitrogens with two attached hydrogens (primary N) is 1. The van der Waals surface area contributed by atoms with Crippen LogP contribution >= 0.6 is 0 Å². The molecule has 0 radical (unpaired) electrons. The van der Waals surface area contributed by atoms with Gasteiger partial charge in [0, 0.05) is 6.54 Å². The normalized spacial score (nSPS) is 16.2. The lowest BCUT2D eigenvalue weighted by Gasteiger charge is -2.21. The highest BCUT2D eigenvalue weighted by Gasteiger charge is 2.13. The molecule has 0 aliphatic heterocycles. The third-order valence-electron chi connectivity index (χ3n) is 3.30. The molecule has 104 valence electrons. The molecule has 0 aromatic carbocycles. The fourth-order valence-electron chi connectivity index (χ4n) is 2.29. The molecule has 1 aromatic heterocycles. The van der Waals surface area contributed by atoms with Gasteiger partial charge in [0.25, 0.3) is 5.91 Å². The maximum Gasteiger partial charge on any atom is 0.270 e. The van der Waals surface area contributed by atoms with E-state index in [-0.39, 0.29) is 5.91 Å². The van der Waals surface area contributed by atoms with Crippen LogP contribution in [0.1, 0.15) is 42.6 Å². The summed E-state index contributed by atoms with van der Waals surface area (Å²) in [4.78, 5) is 15.7. The largest absolute Gasteiger partial charge is 0.384 e. The second-order valence-electron chi connectivity index (χ2n) is 4.83. The summed E-state index contributed by atoms with van der Waals surface area (Å²) < 4.78 is 5.73. The van der Waals surface area contributed by atoms with Gasteiger partial charge < -0.3 is 15.8 Å². The number of carbonyl (C=O) groups is 1. The first kappa shape index (κ1) is 13.8. The zero-order valence-corrected chi connectivity index (χ0v) is 11.1. The van der Waals surface area contributed by atoms with Crippen LogP contribution in [-0.4, -0.2) is 30.1 Å². The molecular weight excluding hydrogens is 242 g/mol. The van der Waals surface area contributed by atoms with Crippen LogP contribution in [0.3, 0.4) is 0 Å². The number of amides is 1. The van der Waals surface area contributed by atoms with E-state index < -0.39 is 0 Å². The van der Waals surface area contributed by atoms with Crippen molar-refractivity contribution in [2.75, 3.05) is 18.9 Å². The van der Waals surface area contributed by atoms with E-state index in [2.05, 4.69) is 10.3 Å². The molecule has 0 unspecified atom stereocenters. The summed E-state index contributed by atoms with van der Waals surface area (Å²) in [5, 5.41) is 2.78. The van der Waals surface area contributed by atoms with Crippen molar-refractivity contribution in [3.63, 3.8) is 0 Å². The smallest absolute Gasteiger partial charge is 0.270 e. The van der Waals surface area contributed by atoms with Crippen molar-refractivity contribution in [1.29, 1.82) is 0 Å². The van der Waals surface area contributed by atoms with Crippen LogP contribution in [0.5, 0.6) is 0 Å². The Bertz CT molecular complexity index is 417. The van der Waals surface area contributed by atoms with Crippen molar-refractivity contribution in [3.8, 4) is 0 Å². The molecule has 5 heteroatoms. The molecule has 0 bridgehead atoms. The average molecular weight is 263 g/mol. The Hall–Kier alpha value is -1.62. The van der Waals surface area contributed by atoms with E-state index in [1.54, 1.807) is 18.2 Å². The molecule has 0 saturated heterocycles. The predicted octanol–water partition coefficient (Wildman–Crippen LogP) is 1.74. The summed E-state index contributed by atoms with van der Waals surface area (Å²) in [6.07, 6.45) is 6.48. The van der Waals surface area contributed by atoms with E-state index in [9.17, 15) is 4.79 Å². The molecular formula is C14H21N3O2. The number of nitrogens with one attached hydrogen (secondary N) is 1. The molecule has 1 saturated carbocycles. The maximum atomic E-state index is 11.8. The van der Waals surface area contributed by atoms with Crippen LogP contribution < -0.4 is 11.1 Å². The minimum Gasteiger partial charge on any atom is -0.384 e. The van der Waals surface area contributed by atoms with Gasteiger partial charge in [-0.2, -0.15) is 0 Å². The number of hydrogen-bond acceptors (Lipinski definition) is 4. The Morgan fingerprint density at radius 1 is 1.37 bits per heavy atom. The van der Waals surface area contributed by atoms with Gasteiger partial charge in [-0.15, -0.1) is 0 Å². The highest BCUT2D eigenvalue weighted by molar-refractivity contribution is 5.92. The van der Waals surface area contributed by atoms with Crippen LogP contribution in [0.25, 0.3) is 0 Å². The lowest BCUT2D eigenvalue weighted by molar-refractivity contribution is 0.0299. The molecule has 1 aliphatic rings. The van der Waals surface area contributed by atoms with Gasteiger partial charge in [-0.05, 0) is 25.0 Å². The number of anilines is 1. The fourth-order valence-corrected chi connectivity index (χ4v) is 2.29. The molecule has 19 heavy (non-hydrogen) atoms. The molecule has 1 fully saturated rings. The number of rotatable bonds is 5. The number of pyridine rings is 1. The van der Waals surface area contributed by atoms with Gasteiger partial charge in [-0.25, -0.2) is 4.98 Å². The maximum absolute atomic E-state index is 11.8. The number of ether oxygens (including phenoxy) is 1. The summed E-state index contributed by atoms with van der Waals surface area (Å²) in [5.74, 6) is 0.144. The average Bonchev–Trinajstić information content (AvgIpc) is 2.44. The Labute approximate surface area is 113 Å². The monoisotopic (exact) mass is 263 g/mol. The fraction of sp³-hybridized carbons (Fsp3) is 0.571. The lowest BCUT2D eigenvalue weighted by atomic mass is 9.98. The van der Waals surface area contributed by atoms with Gasteiger partial charge in [0.05, 0.1) is 12.7 Å². The van der Waals surface area contributed by atoms with Gasteiger partial charge in [-0.1, -0.05) is 25.3 Å². The van der Waals surface area contributed by atoms with Crippen LogP contribution in [-0.2, 0) is 4.74 Å².